The highest BCUT2D eigenvalue weighted by Gasteiger charge is 2.35. The van der Waals surface area contributed by atoms with Crippen molar-refractivity contribution in [2.24, 2.45) is 0 Å². The van der Waals surface area contributed by atoms with Crippen LogP contribution in [0.4, 0.5) is 0 Å². The highest BCUT2D eigenvalue weighted by Crippen LogP contribution is 2.28. The van der Waals surface area contributed by atoms with Crippen molar-refractivity contribution in [1.29, 1.82) is 5.41 Å². The molecule has 156 valence electrons. The van der Waals surface area contributed by atoms with Crippen LogP contribution in [0.25, 0.3) is 0 Å². The van der Waals surface area contributed by atoms with E-state index in [4.69, 9.17) is 14.9 Å². The predicted octanol–water partition coefficient (Wildman–Crippen LogP) is 2.04. The second-order valence-electron chi connectivity index (χ2n) is 7.49. The monoisotopic (exact) mass is 407 g/mol. The molecular weight excluding hydrogens is 382 g/mol. The SMILES string of the molecule is N=Cc1ccc(C(=O)NCC2COCCN2C(=O)C2CCc3ccccc3O2)cc1. The van der Waals surface area contributed by atoms with Gasteiger partial charge in [-0.05, 0) is 42.2 Å². The quantitative estimate of drug-likeness (QED) is 0.742. The zero-order valence-corrected chi connectivity index (χ0v) is 16.7. The molecule has 2 aliphatic heterocycles. The fourth-order valence-electron chi connectivity index (χ4n) is 3.84. The van der Waals surface area contributed by atoms with Gasteiger partial charge in [-0.3, -0.25) is 9.59 Å². The number of hydrogen-bond donors (Lipinski definition) is 2. The highest BCUT2D eigenvalue weighted by molar-refractivity contribution is 5.95. The zero-order chi connectivity index (χ0) is 20.9. The Labute approximate surface area is 175 Å². The largest absolute Gasteiger partial charge is 0.480 e. The molecule has 0 radical (unpaired) electrons. The Morgan fingerprint density at radius 3 is 2.77 bits per heavy atom. The number of nitrogens with zero attached hydrogens (tertiary/aromatic N) is 1. The number of carbonyl (C=O) groups excluding carboxylic acids is 2. The number of benzene rings is 2. The Morgan fingerprint density at radius 1 is 1.17 bits per heavy atom. The van der Waals surface area contributed by atoms with Gasteiger partial charge in [-0.15, -0.1) is 0 Å². The van der Waals surface area contributed by atoms with E-state index in [0.29, 0.717) is 38.3 Å². The Bertz CT molecular complexity index is 928. The van der Waals surface area contributed by atoms with Crippen LogP contribution in [0.3, 0.4) is 0 Å². The molecule has 4 rings (SSSR count). The molecule has 2 N–H and O–H groups in total. The lowest BCUT2D eigenvalue weighted by Gasteiger charge is -2.38. The van der Waals surface area contributed by atoms with Crippen LogP contribution in [0.5, 0.6) is 5.75 Å². The van der Waals surface area contributed by atoms with Gasteiger partial charge in [0.25, 0.3) is 11.8 Å². The summed E-state index contributed by atoms with van der Waals surface area (Å²) in [7, 11) is 0. The number of carbonyl (C=O) groups is 2. The summed E-state index contributed by atoms with van der Waals surface area (Å²) in [6.45, 7) is 1.64. The number of para-hydroxylation sites is 1. The summed E-state index contributed by atoms with van der Waals surface area (Å²) in [5.74, 6) is 0.503. The number of ether oxygens (including phenoxy) is 2. The van der Waals surface area contributed by atoms with Gasteiger partial charge in [0.2, 0.25) is 0 Å². The van der Waals surface area contributed by atoms with Gasteiger partial charge in [0, 0.05) is 24.9 Å². The van der Waals surface area contributed by atoms with Crippen LogP contribution >= 0.6 is 0 Å². The molecule has 2 aliphatic rings. The Hall–Kier alpha value is -3.19. The first-order valence-electron chi connectivity index (χ1n) is 10.2. The van der Waals surface area contributed by atoms with Crippen LogP contribution in [0.2, 0.25) is 0 Å². The minimum absolute atomic E-state index is 0.0533. The van der Waals surface area contributed by atoms with Gasteiger partial charge in [0.05, 0.1) is 19.3 Å². The molecule has 1 fully saturated rings. The number of aryl methyl sites for hydroxylation is 1. The van der Waals surface area contributed by atoms with Gasteiger partial charge in [-0.2, -0.15) is 0 Å². The summed E-state index contributed by atoms with van der Waals surface area (Å²) in [5.41, 5.74) is 2.38. The van der Waals surface area contributed by atoms with Gasteiger partial charge < -0.3 is 25.1 Å². The van der Waals surface area contributed by atoms with Gasteiger partial charge in [-0.1, -0.05) is 30.3 Å². The third-order valence-corrected chi connectivity index (χ3v) is 5.54. The first-order valence-corrected chi connectivity index (χ1v) is 10.2. The van der Waals surface area contributed by atoms with Gasteiger partial charge in [0.15, 0.2) is 6.10 Å². The van der Waals surface area contributed by atoms with Crippen LogP contribution < -0.4 is 10.1 Å². The number of fused-ring (bicyclic) bond motifs is 1. The topological polar surface area (TPSA) is 91.7 Å². The molecule has 0 spiro atoms. The summed E-state index contributed by atoms with van der Waals surface area (Å²) in [6.07, 6.45) is 2.18. The highest BCUT2D eigenvalue weighted by atomic mass is 16.5. The molecule has 1 saturated heterocycles. The second kappa shape index (κ2) is 9.09. The molecule has 2 heterocycles. The van der Waals surface area contributed by atoms with E-state index in [1.54, 1.807) is 29.2 Å². The molecule has 2 aromatic rings. The minimum atomic E-state index is -0.509. The molecule has 0 aliphatic carbocycles. The first kappa shape index (κ1) is 20.1. The number of amides is 2. The minimum Gasteiger partial charge on any atom is -0.480 e. The maximum atomic E-state index is 13.2. The summed E-state index contributed by atoms with van der Waals surface area (Å²) in [5, 5.41) is 10.1. The Kier molecular flexibility index (Phi) is 6.09. The van der Waals surface area contributed by atoms with Crippen LogP contribution in [0, 0.1) is 5.41 Å². The maximum absolute atomic E-state index is 13.2. The average molecular weight is 407 g/mol. The molecule has 0 saturated carbocycles. The van der Waals surface area contributed by atoms with Gasteiger partial charge in [-0.25, -0.2) is 0 Å². The van der Waals surface area contributed by atoms with Gasteiger partial charge in [0.1, 0.15) is 5.75 Å². The molecule has 7 nitrogen and oxygen atoms in total. The summed E-state index contributed by atoms with van der Waals surface area (Å²) >= 11 is 0. The average Bonchev–Trinajstić information content (AvgIpc) is 2.82. The lowest BCUT2D eigenvalue weighted by molar-refractivity contribution is -0.148. The number of hydrogen-bond acceptors (Lipinski definition) is 5. The van der Waals surface area contributed by atoms with Gasteiger partial charge >= 0.3 is 0 Å². The van der Waals surface area contributed by atoms with Crippen molar-refractivity contribution in [2.75, 3.05) is 26.3 Å². The molecule has 2 atom stereocenters. The Balaban J connectivity index is 1.38. The number of morpholine rings is 1. The van der Waals surface area contributed by atoms with E-state index in [2.05, 4.69) is 5.32 Å². The van der Waals surface area contributed by atoms with Crippen LogP contribution in [-0.2, 0) is 16.0 Å². The molecule has 0 bridgehead atoms. The maximum Gasteiger partial charge on any atom is 0.264 e. The third-order valence-electron chi connectivity index (χ3n) is 5.54. The fraction of sp³-hybridized carbons (Fsp3) is 0.348. The van der Waals surface area contributed by atoms with Crippen molar-refractivity contribution in [3.63, 3.8) is 0 Å². The summed E-state index contributed by atoms with van der Waals surface area (Å²) in [4.78, 5) is 27.4. The van der Waals surface area contributed by atoms with Crippen molar-refractivity contribution >= 4 is 18.0 Å². The van der Waals surface area contributed by atoms with Crippen LogP contribution in [-0.4, -0.2) is 61.4 Å². The lowest BCUT2D eigenvalue weighted by atomic mass is 10.0. The van der Waals surface area contributed by atoms with E-state index >= 15 is 0 Å². The lowest BCUT2D eigenvalue weighted by Crippen LogP contribution is -2.57. The van der Waals surface area contributed by atoms with Crippen LogP contribution in [0.1, 0.15) is 27.9 Å². The number of nitrogens with one attached hydrogen (secondary N) is 2. The first-order chi connectivity index (χ1) is 14.7. The fourth-order valence-corrected chi connectivity index (χ4v) is 3.84. The van der Waals surface area contributed by atoms with Crippen LogP contribution in [0.15, 0.2) is 48.5 Å². The molecule has 2 unspecified atom stereocenters. The van der Waals surface area contributed by atoms with E-state index in [-0.39, 0.29) is 17.9 Å². The van der Waals surface area contributed by atoms with E-state index < -0.39 is 6.10 Å². The smallest absolute Gasteiger partial charge is 0.264 e. The normalized spacial score (nSPS) is 20.6. The predicted molar refractivity (Wildman–Crippen MR) is 112 cm³/mol. The summed E-state index contributed by atoms with van der Waals surface area (Å²) < 4.78 is 11.5. The van der Waals surface area contributed by atoms with Crippen molar-refractivity contribution in [1.82, 2.24) is 10.2 Å². The zero-order valence-electron chi connectivity index (χ0n) is 16.7. The van der Waals surface area contributed by atoms with E-state index in [9.17, 15) is 9.59 Å². The van der Waals surface area contributed by atoms with Crippen molar-refractivity contribution in [3.8, 4) is 5.75 Å². The van der Waals surface area contributed by atoms with Crippen molar-refractivity contribution < 1.29 is 19.1 Å². The van der Waals surface area contributed by atoms with Crippen molar-refractivity contribution in [3.05, 3.63) is 65.2 Å². The molecule has 2 aromatic carbocycles. The third kappa shape index (κ3) is 4.36. The standard InChI is InChI=1S/C23H25N3O4/c24-13-16-5-7-18(8-6-16)22(27)25-14-19-15-29-12-11-26(19)23(28)21-10-9-17-3-1-2-4-20(17)30-21/h1-8,13,19,21,24H,9-12,14-15H2,(H,25,27). The molecule has 0 aromatic heterocycles. The van der Waals surface area contributed by atoms with Crippen molar-refractivity contribution in [2.45, 2.75) is 25.0 Å². The van der Waals surface area contributed by atoms with E-state index in [0.717, 1.165) is 23.3 Å². The molecular formula is C23H25N3O4. The van der Waals surface area contributed by atoms with E-state index in [1.165, 1.54) is 6.21 Å². The summed E-state index contributed by atoms with van der Waals surface area (Å²) in [6, 6.07) is 14.4. The molecule has 30 heavy (non-hydrogen) atoms. The molecule has 2 amide bonds. The Morgan fingerprint density at radius 2 is 1.97 bits per heavy atom. The number of rotatable bonds is 5. The second-order valence-corrected chi connectivity index (χ2v) is 7.49. The van der Waals surface area contributed by atoms with E-state index in [1.807, 2.05) is 24.3 Å². The molecule has 7 heteroatoms.